The summed E-state index contributed by atoms with van der Waals surface area (Å²) in [5.74, 6) is -1.46. The van der Waals surface area contributed by atoms with E-state index in [2.05, 4.69) is 15.3 Å². The lowest BCUT2D eigenvalue weighted by molar-refractivity contribution is 0.0974. The number of aryl methyl sites for hydroxylation is 1. The average Bonchev–Trinajstić information content (AvgIpc) is 2.83. The van der Waals surface area contributed by atoms with E-state index in [0.29, 0.717) is 11.6 Å². The summed E-state index contributed by atoms with van der Waals surface area (Å²) in [7, 11) is 0. The van der Waals surface area contributed by atoms with Crippen molar-refractivity contribution in [2.75, 3.05) is 11.6 Å². The third kappa shape index (κ3) is 3.97. The third-order valence-corrected chi connectivity index (χ3v) is 3.78. The highest BCUT2D eigenvalue weighted by atomic mass is 32.2. The Morgan fingerprint density at radius 3 is 2.60 bits per heavy atom. The molecule has 2 rings (SSSR count). The van der Waals surface area contributed by atoms with Crippen molar-refractivity contribution in [3.63, 3.8) is 0 Å². The predicted octanol–water partition coefficient (Wildman–Crippen LogP) is 1.09. The molecule has 2 aromatic heterocycles. The summed E-state index contributed by atoms with van der Waals surface area (Å²) in [6.45, 7) is 2.73. The second-order valence-corrected chi connectivity index (χ2v) is 5.99. The highest BCUT2D eigenvalue weighted by molar-refractivity contribution is 7.97. The van der Waals surface area contributed by atoms with Crippen molar-refractivity contribution in [2.24, 2.45) is 5.73 Å². The first-order valence-corrected chi connectivity index (χ1v) is 8.48. The van der Waals surface area contributed by atoms with Crippen LogP contribution in [-0.2, 0) is 5.75 Å². The zero-order valence-corrected chi connectivity index (χ0v) is 14.6. The van der Waals surface area contributed by atoms with Gasteiger partial charge in [-0.05, 0) is 20.1 Å². The number of thioether (sulfide) groups is 1. The molecule has 2 heterocycles. The molecule has 0 saturated heterocycles. The van der Waals surface area contributed by atoms with E-state index in [1.807, 2.05) is 6.26 Å². The second-order valence-electron chi connectivity index (χ2n) is 5.12. The lowest BCUT2D eigenvalue weighted by Crippen LogP contribution is -2.22. The number of hydrogen-bond donors (Lipinski definition) is 3. The van der Waals surface area contributed by atoms with Crippen molar-refractivity contribution in [3.05, 3.63) is 44.8 Å². The van der Waals surface area contributed by atoms with E-state index in [4.69, 9.17) is 10.2 Å². The molecule has 10 heteroatoms. The van der Waals surface area contributed by atoms with E-state index in [1.54, 1.807) is 0 Å². The molecule has 2 amide bonds. The maximum Gasteiger partial charge on any atom is 0.276 e. The average molecular weight is 364 g/mol. The summed E-state index contributed by atoms with van der Waals surface area (Å²) in [5, 5.41) is 2.34. The molecule has 0 aromatic carbocycles. The summed E-state index contributed by atoms with van der Waals surface area (Å²) in [5.41, 5.74) is 4.44. The zero-order chi connectivity index (χ0) is 18.7. The number of amides is 2. The van der Waals surface area contributed by atoms with Crippen LogP contribution >= 0.6 is 11.8 Å². The molecule has 0 aliphatic carbocycles. The Bertz CT molecular complexity index is 915. The van der Waals surface area contributed by atoms with Crippen LogP contribution in [0.4, 0.5) is 5.88 Å². The minimum Gasteiger partial charge on any atom is -0.444 e. The van der Waals surface area contributed by atoms with Gasteiger partial charge in [-0.2, -0.15) is 11.8 Å². The van der Waals surface area contributed by atoms with Crippen molar-refractivity contribution in [2.45, 2.75) is 19.6 Å². The van der Waals surface area contributed by atoms with Gasteiger partial charge in [0.25, 0.3) is 17.4 Å². The van der Waals surface area contributed by atoms with Gasteiger partial charge in [0.2, 0.25) is 5.88 Å². The van der Waals surface area contributed by atoms with E-state index in [9.17, 15) is 19.2 Å². The largest absolute Gasteiger partial charge is 0.444 e. The molecule has 0 radical (unpaired) electrons. The Kier molecular flexibility index (Phi) is 5.42. The Labute approximate surface area is 146 Å². The van der Waals surface area contributed by atoms with E-state index in [1.165, 1.54) is 25.6 Å². The van der Waals surface area contributed by atoms with Crippen LogP contribution in [0.3, 0.4) is 0 Å². The number of ketones is 1. The fourth-order valence-corrected chi connectivity index (χ4v) is 2.70. The maximum atomic E-state index is 12.4. The molecule has 0 atom stereocenters. The third-order valence-electron chi connectivity index (χ3n) is 3.21. The number of furan rings is 1. The molecular weight excluding hydrogens is 348 g/mol. The van der Waals surface area contributed by atoms with E-state index >= 15 is 0 Å². The van der Waals surface area contributed by atoms with Crippen molar-refractivity contribution in [3.8, 4) is 0 Å². The Hall–Kier alpha value is -2.88. The number of Topliss-reactive ketones (excluding diaryl/α,β-unsaturated/α-hetero) is 1. The zero-order valence-electron chi connectivity index (χ0n) is 13.8. The summed E-state index contributed by atoms with van der Waals surface area (Å²) in [6.07, 6.45) is 1.82. The molecule has 2 aromatic rings. The SMILES string of the molecule is CSCc1nc(C(=O)Nc2oc(C)c(C(C)=O)c2C(N)=O)cc(=O)[nH]1. The minimum atomic E-state index is -0.917. The van der Waals surface area contributed by atoms with Crippen LogP contribution in [0.25, 0.3) is 0 Å². The topological polar surface area (TPSA) is 148 Å². The van der Waals surface area contributed by atoms with Gasteiger partial charge < -0.3 is 15.1 Å². The van der Waals surface area contributed by atoms with Crippen LogP contribution in [0, 0.1) is 6.92 Å². The van der Waals surface area contributed by atoms with Crippen LogP contribution in [0.15, 0.2) is 15.3 Å². The number of hydrogen-bond acceptors (Lipinski definition) is 7. The first-order valence-electron chi connectivity index (χ1n) is 7.09. The number of primary amides is 1. The molecule has 0 spiro atoms. The number of aromatic nitrogens is 2. The molecule has 9 nitrogen and oxygen atoms in total. The summed E-state index contributed by atoms with van der Waals surface area (Å²) in [6, 6.07) is 1.02. The molecule has 0 saturated carbocycles. The van der Waals surface area contributed by atoms with E-state index in [0.717, 1.165) is 6.07 Å². The normalized spacial score (nSPS) is 10.5. The van der Waals surface area contributed by atoms with Gasteiger partial charge in [-0.3, -0.25) is 24.5 Å². The Morgan fingerprint density at radius 1 is 1.36 bits per heavy atom. The highest BCUT2D eigenvalue weighted by Gasteiger charge is 2.26. The summed E-state index contributed by atoms with van der Waals surface area (Å²) >= 11 is 1.42. The number of carbonyl (C=O) groups is 3. The number of rotatable bonds is 6. The van der Waals surface area contributed by atoms with Crippen molar-refractivity contribution in [1.29, 1.82) is 0 Å². The lowest BCUT2D eigenvalue weighted by atomic mass is 10.1. The molecule has 132 valence electrons. The molecule has 0 aliphatic rings. The van der Waals surface area contributed by atoms with E-state index < -0.39 is 23.2 Å². The summed E-state index contributed by atoms with van der Waals surface area (Å²) < 4.78 is 5.30. The van der Waals surface area contributed by atoms with Crippen LogP contribution in [-0.4, -0.2) is 33.8 Å². The number of nitrogens with one attached hydrogen (secondary N) is 2. The van der Waals surface area contributed by atoms with Crippen LogP contribution in [0.1, 0.15) is 49.7 Å². The lowest BCUT2D eigenvalue weighted by Gasteiger charge is -2.05. The fourth-order valence-electron chi connectivity index (χ4n) is 2.29. The molecule has 25 heavy (non-hydrogen) atoms. The quantitative estimate of drug-likeness (QED) is 0.650. The van der Waals surface area contributed by atoms with Gasteiger partial charge in [0.1, 0.15) is 22.8 Å². The van der Waals surface area contributed by atoms with Gasteiger partial charge in [0.05, 0.1) is 11.3 Å². The van der Waals surface area contributed by atoms with Gasteiger partial charge in [-0.25, -0.2) is 4.98 Å². The van der Waals surface area contributed by atoms with Gasteiger partial charge in [0.15, 0.2) is 5.78 Å². The monoisotopic (exact) mass is 364 g/mol. The minimum absolute atomic E-state index is 0.00439. The molecule has 0 fully saturated rings. The Balaban J connectivity index is 2.42. The van der Waals surface area contributed by atoms with Gasteiger partial charge >= 0.3 is 0 Å². The first-order chi connectivity index (χ1) is 11.7. The predicted molar refractivity (Wildman–Crippen MR) is 92.0 cm³/mol. The molecular formula is C15H16N4O5S. The van der Waals surface area contributed by atoms with Gasteiger partial charge in [0, 0.05) is 6.07 Å². The number of carbonyl (C=O) groups excluding carboxylic acids is 3. The second kappa shape index (κ2) is 7.34. The highest BCUT2D eigenvalue weighted by Crippen LogP contribution is 2.27. The fraction of sp³-hybridized carbons (Fsp3) is 0.267. The van der Waals surface area contributed by atoms with Crippen LogP contribution in [0.2, 0.25) is 0 Å². The van der Waals surface area contributed by atoms with Gasteiger partial charge in [-0.15, -0.1) is 0 Å². The summed E-state index contributed by atoms with van der Waals surface area (Å²) in [4.78, 5) is 53.9. The van der Waals surface area contributed by atoms with Crippen molar-refractivity contribution in [1.82, 2.24) is 9.97 Å². The first kappa shape index (κ1) is 18.5. The van der Waals surface area contributed by atoms with Crippen LogP contribution < -0.4 is 16.6 Å². The van der Waals surface area contributed by atoms with Crippen molar-refractivity contribution >= 4 is 35.2 Å². The molecule has 0 unspecified atom stereocenters. The van der Waals surface area contributed by atoms with E-state index in [-0.39, 0.29) is 28.5 Å². The molecule has 4 N–H and O–H groups in total. The van der Waals surface area contributed by atoms with Crippen molar-refractivity contribution < 1.29 is 18.8 Å². The molecule has 0 aliphatic heterocycles. The van der Waals surface area contributed by atoms with Gasteiger partial charge in [-0.1, -0.05) is 0 Å². The number of nitrogens with two attached hydrogens (primary N) is 1. The Morgan fingerprint density at radius 2 is 2.04 bits per heavy atom. The molecule has 0 bridgehead atoms. The standard InChI is InChI=1S/C15H16N4O5S/c1-6(20)11-7(2)24-15(12(11)13(16)22)19-14(23)8-4-10(21)18-9(17-8)5-25-3/h4H,5H2,1-3H3,(H2,16,22)(H,19,23)(H,17,18,21). The van der Waals surface area contributed by atoms with Crippen LogP contribution in [0.5, 0.6) is 0 Å². The number of anilines is 1. The number of aromatic amines is 1. The number of H-pyrrole nitrogens is 1. The maximum absolute atomic E-state index is 12.4. The number of nitrogens with zero attached hydrogens (tertiary/aromatic N) is 1. The smallest absolute Gasteiger partial charge is 0.276 e.